The molecule has 1 aromatic heterocycles. The first-order valence-corrected chi connectivity index (χ1v) is 10.7. The van der Waals surface area contributed by atoms with E-state index in [0.29, 0.717) is 17.9 Å². The van der Waals surface area contributed by atoms with Crippen molar-refractivity contribution < 1.29 is 13.7 Å². The molecule has 0 unspecified atom stereocenters. The van der Waals surface area contributed by atoms with Crippen LogP contribution in [0.1, 0.15) is 19.0 Å². The average molecular weight is 428 g/mol. The molecule has 2 heterocycles. The maximum atomic E-state index is 12.5. The van der Waals surface area contributed by atoms with Crippen LogP contribution in [-0.4, -0.2) is 43.7 Å². The number of hydrogen-bond donors (Lipinski definition) is 3. The number of hydrogen-bond acceptors (Lipinski definition) is 6. The van der Waals surface area contributed by atoms with Gasteiger partial charge in [0.2, 0.25) is 15.5 Å². The lowest BCUT2D eigenvalue weighted by molar-refractivity contribution is -0.511. The van der Waals surface area contributed by atoms with E-state index in [-0.39, 0.29) is 16.0 Å². The van der Waals surface area contributed by atoms with Crippen molar-refractivity contribution in [2.75, 3.05) is 13.6 Å². The quantitative estimate of drug-likeness (QED) is 0.553. The lowest BCUT2D eigenvalue weighted by Gasteiger charge is -2.12. The highest BCUT2D eigenvalue weighted by molar-refractivity contribution is 7.89. The molecule has 30 heavy (non-hydrogen) atoms. The van der Waals surface area contributed by atoms with Crippen LogP contribution < -0.4 is 15.5 Å². The van der Waals surface area contributed by atoms with E-state index < -0.39 is 10.0 Å². The Hall–Kier alpha value is -3.21. The van der Waals surface area contributed by atoms with Crippen LogP contribution in [0.5, 0.6) is 0 Å². The molecule has 2 aromatic rings. The van der Waals surface area contributed by atoms with Gasteiger partial charge >= 0.3 is 0 Å². The normalized spacial score (nSPS) is 14.8. The number of benzene rings is 1. The van der Waals surface area contributed by atoms with Crippen LogP contribution in [0.2, 0.25) is 0 Å². The van der Waals surface area contributed by atoms with Crippen LogP contribution in [0.3, 0.4) is 0 Å². The Kier molecular flexibility index (Phi) is 6.50. The van der Waals surface area contributed by atoms with E-state index in [4.69, 9.17) is 5.41 Å². The maximum Gasteiger partial charge on any atom is 0.240 e. The Bertz CT molecular complexity index is 1230. The SMILES string of the molecule is CNS(=O)(=O)c1cccc(-n2ccc(=O)c(C(=CC=N)[NH2+]C3=CC(C)=NCC3)n2)c1. The topological polar surface area (TPSA) is 134 Å². The second-order valence-corrected chi connectivity index (χ2v) is 8.49. The number of aliphatic imine (C=N–C) groups is 1. The Labute approximate surface area is 174 Å². The van der Waals surface area contributed by atoms with Gasteiger partial charge in [0.15, 0.2) is 11.4 Å². The molecule has 0 bridgehead atoms. The zero-order chi connectivity index (χ0) is 21.7. The van der Waals surface area contributed by atoms with E-state index >= 15 is 0 Å². The zero-order valence-electron chi connectivity index (χ0n) is 16.7. The monoisotopic (exact) mass is 427 g/mol. The molecular weight excluding hydrogens is 404 g/mol. The van der Waals surface area contributed by atoms with Crippen molar-refractivity contribution in [3.05, 3.63) is 70.3 Å². The molecule has 0 amide bonds. The van der Waals surface area contributed by atoms with Gasteiger partial charge in [-0.3, -0.25) is 15.1 Å². The summed E-state index contributed by atoms with van der Waals surface area (Å²) in [6, 6.07) is 7.62. The molecule has 1 aromatic carbocycles. The van der Waals surface area contributed by atoms with Gasteiger partial charge in [-0.15, -0.1) is 0 Å². The molecule has 9 nitrogen and oxygen atoms in total. The fraction of sp³-hybridized carbons (Fsp3) is 0.200. The van der Waals surface area contributed by atoms with Gasteiger partial charge in [0, 0.05) is 49.3 Å². The fourth-order valence-electron chi connectivity index (χ4n) is 3.01. The number of allylic oxidation sites excluding steroid dienone is 2. The summed E-state index contributed by atoms with van der Waals surface area (Å²) in [5.41, 5.74) is 2.77. The van der Waals surface area contributed by atoms with E-state index in [1.807, 2.05) is 18.3 Å². The highest BCUT2D eigenvalue weighted by atomic mass is 32.2. The van der Waals surface area contributed by atoms with Crippen LogP contribution in [0, 0.1) is 5.41 Å². The largest absolute Gasteiger partial charge is 0.309 e. The maximum absolute atomic E-state index is 12.5. The molecule has 1 aliphatic rings. The molecule has 1 aliphatic heterocycles. The molecular formula is C20H23N6O3S+. The van der Waals surface area contributed by atoms with Crippen LogP contribution in [0.15, 0.2) is 69.1 Å². The van der Waals surface area contributed by atoms with E-state index in [0.717, 1.165) is 24.0 Å². The number of nitrogens with two attached hydrogens (primary N) is 1. The van der Waals surface area contributed by atoms with Crippen molar-refractivity contribution in [2.45, 2.75) is 18.2 Å². The number of dihydropyridines is 1. The van der Waals surface area contributed by atoms with Crippen molar-refractivity contribution in [3.8, 4) is 5.69 Å². The molecule has 156 valence electrons. The second kappa shape index (κ2) is 9.08. The van der Waals surface area contributed by atoms with E-state index in [9.17, 15) is 13.2 Å². The van der Waals surface area contributed by atoms with Gasteiger partial charge in [-0.2, -0.15) is 5.10 Å². The first-order chi connectivity index (χ1) is 14.3. The number of quaternary nitrogens is 1. The van der Waals surface area contributed by atoms with Crippen LogP contribution >= 0.6 is 0 Å². The van der Waals surface area contributed by atoms with Gasteiger partial charge in [-0.05, 0) is 32.2 Å². The lowest BCUT2D eigenvalue weighted by atomic mass is 10.1. The van der Waals surface area contributed by atoms with E-state index in [2.05, 4.69) is 14.8 Å². The highest BCUT2D eigenvalue weighted by Crippen LogP contribution is 2.14. The smallest absolute Gasteiger partial charge is 0.240 e. The van der Waals surface area contributed by atoms with Crippen LogP contribution in [0.4, 0.5) is 0 Å². The molecule has 0 atom stereocenters. The Morgan fingerprint density at radius 1 is 1.33 bits per heavy atom. The number of nitrogens with zero attached hydrogens (tertiary/aromatic N) is 3. The minimum Gasteiger partial charge on any atom is -0.309 e. The highest BCUT2D eigenvalue weighted by Gasteiger charge is 2.18. The average Bonchev–Trinajstić information content (AvgIpc) is 2.74. The first kappa shape index (κ1) is 21.5. The predicted molar refractivity (Wildman–Crippen MR) is 115 cm³/mol. The van der Waals surface area contributed by atoms with E-state index in [1.165, 1.54) is 42.2 Å². The number of nitrogens with one attached hydrogen (secondary N) is 2. The summed E-state index contributed by atoms with van der Waals surface area (Å²) >= 11 is 0. The molecule has 4 N–H and O–H groups in total. The summed E-state index contributed by atoms with van der Waals surface area (Å²) in [5.74, 6) is 0. The lowest BCUT2D eigenvalue weighted by Crippen LogP contribution is -2.79. The summed E-state index contributed by atoms with van der Waals surface area (Å²) in [7, 11) is -2.27. The van der Waals surface area contributed by atoms with Gasteiger partial charge in [-0.1, -0.05) is 6.07 Å². The fourth-order valence-corrected chi connectivity index (χ4v) is 3.78. The molecule has 0 saturated carbocycles. The van der Waals surface area contributed by atoms with Crippen molar-refractivity contribution in [1.82, 2.24) is 14.5 Å². The number of rotatable bonds is 7. The molecule has 0 radical (unpaired) electrons. The number of sulfonamides is 1. The predicted octanol–water partition coefficient (Wildman–Crippen LogP) is 0.443. The third kappa shape index (κ3) is 4.85. The summed E-state index contributed by atoms with van der Waals surface area (Å²) in [6.07, 6.45) is 6.77. The van der Waals surface area contributed by atoms with Crippen molar-refractivity contribution in [3.63, 3.8) is 0 Å². The summed E-state index contributed by atoms with van der Waals surface area (Å²) in [4.78, 5) is 17.0. The summed E-state index contributed by atoms with van der Waals surface area (Å²) < 4.78 is 27.9. The van der Waals surface area contributed by atoms with Crippen molar-refractivity contribution >= 4 is 27.6 Å². The molecule has 0 spiro atoms. The van der Waals surface area contributed by atoms with Crippen molar-refractivity contribution in [2.24, 2.45) is 4.99 Å². The standard InChI is InChI=1S/C20H22N6O3S/c1-14-12-15(7-10-23-14)24-18(6-9-21)20-19(27)8-11-26(25-20)16-4-3-5-17(13-16)30(28,29)22-2/h3-6,8-9,11-13,21-22,24H,7,10H2,1-2H3/p+1. The first-order valence-electron chi connectivity index (χ1n) is 9.25. The molecule has 0 saturated heterocycles. The third-order valence-corrected chi connectivity index (χ3v) is 5.91. The van der Waals surface area contributed by atoms with Gasteiger partial charge < -0.3 is 5.41 Å². The molecule has 10 heteroatoms. The Morgan fingerprint density at radius 3 is 2.83 bits per heavy atom. The Morgan fingerprint density at radius 2 is 2.13 bits per heavy atom. The number of aromatic nitrogens is 2. The molecule has 3 rings (SSSR count). The van der Waals surface area contributed by atoms with Gasteiger partial charge in [0.1, 0.15) is 5.70 Å². The van der Waals surface area contributed by atoms with Crippen LogP contribution in [0.25, 0.3) is 11.4 Å². The summed E-state index contributed by atoms with van der Waals surface area (Å²) in [6.45, 7) is 2.58. The minimum atomic E-state index is -3.62. The molecule has 0 fully saturated rings. The van der Waals surface area contributed by atoms with E-state index in [1.54, 1.807) is 12.1 Å². The minimum absolute atomic E-state index is 0.0912. The van der Waals surface area contributed by atoms with Gasteiger partial charge in [-0.25, -0.2) is 17.8 Å². The van der Waals surface area contributed by atoms with Gasteiger partial charge in [0.05, 0.1) is 10.6 Å². The van der Waals surface area contributed by atoms with Gasteiger partial charge in [0.25, 0.3) is 0 Å². The second-order valence-electron chi connectivity index (χ2n) is 6.60. The zero-order valence-corrected chi connectivity index (χ0v) is 17.5. The third-order valence-electron chi connectivity index (χ3n) is 4.50. The van der Waals surface area contributed by atoms with Crippen LogP contribution in [-0.2, 0) is 10.0 Å². The summed E-state index contributed by atoms with van der Waals surface area (Å²) in [5, 5.41) is 13.7. The Balaban J connectivity index is 2.03. The molecule has 0 aliphatic carbocycles. The van der Waals surface area contributed by atoms with Crippen molar-refractivity contribution in [1.29, 1.82) is 5.41 Å².